The smallest absolute Gasteiger partial charge is 0.305 e. The molecule has 1 aromatic heterocycles. The molecular formula is C13H21N3O3S2. The third-order valence-corrected chi connectivity index (χ3v) is 8.02. The van der Waals surface area contributed by atoms with Crippen LogP contribution in [0, 0.1) is 6.92 Å². The molecule has 0 radical (unpaired) electrons. The van der Waals surface area contributed by atoms with Gasteiger partial charge in [-0.05, 0) is 33.2 Å². The van der Waals surface area contributed by atoms with Gasteiger partial charge in [0.25, 0.3) is 10.0 Å². The Balaban J connectivity index is 1.91. The summed E-state index contributed by atoms with van der Waals surface area (Å²) in [5, 5.41) is 0. The number of nitrogens with one attached hydrogen (secondary N) is 1. The maximum Gasteiger partial charge on any atom is 0.305 e. The highest BCUT2D eigenvalue weighted by Crippen LogP contribution is 2.30. The first kappa shape index (κ1) is 15.2. The Morgan fingerprint density at radius 2 is 2.05 bits per heavy atom. The minimum absolute atomic E-state index is 0.0547. The van der Waals surface area contributed by atoms with Gasteiger partial charge in [-0.2, -0.15) is 4.31 Å². The monoisotopic (exact) mass is 331 g/mol. The Kier molecular flexibility index (Phi) is 3.98. The van der Waals surface area contributed by atoms with Crippen molar-refractivity contribution in [2.24, 2.45) is 0 Å². The fourth-order valence-electron chi connectivity index (χ4n) is 3.40. The molecule has 3 rings (SSSR count). The zero-order chi connectivity index (χ0) is 15.2. The molecule has 0 aromatic carbocycles. The summed E-state index contributed by atoms with van der Waals surface area (Å²) in [4.78, 5) is 16.1. The zero-order valence-corrected chi connectivity index (χ0v) is 14.0. The van der Waals surface area contributed by atoms with Crippen molar-refractivity contribution in [3.05, 3.63) is 15.4 Å². The van der Waals surface area contributed by atoms with Crippen molar-refractivity contribution >= 4 is 21.4 Å². The molecule has 0 saturated carbocycles. The number of H-pyrrole nitrogens is 1. The standard InChI is InChI=1S/C13H21N3O3S2/c1-9-7-15-6-4-3-5-11(15)8-16(9)21(18,19)12-10(2)14-13(17)20-12/h9,11H,3-8H2,1-2H3,(H,14,17). The van der Waals surface area contributed by atoms with Gasteiger partial charge in [-0.25, -0.2) is 8.42 Å². The number of aromatic nitrogens is 1. The number of hydrogen-bond donors (Lipinski definition) is 1. The first-order valence-electron chi connectivity index (χ1n) is 7.35. The maximum absolute atomic E-state index is 12.9. The van der Waals surface area contributed by atoms with E-state index in [9.17, 15) is 13.2 Å². The van der Waals surface area contributed by atoms with Crippen LogP contribution in [-0.4, -0.2) is 54.3 Å². The molecule has 0 amide bonds. The molecule has 0 aliphatic carbocycles. The summed E-state index contributed by atoms with van der Waals surface area (Å²) >= 11 is 0.792. The number of aryl methyl sites for hydroxylation is 1. The van der Waals surface area contributed by atoms with Crippen LogP contribution in [0.2, 0.25) is 0 Å². The zero-order valence-electron chi connectivity index (χ0n) is 12.3. The van der Waals surface area contributed by atoms with Crippen LogP contribution < -0.4 is 4.87 Å². The highest BCUT2D eigenvalue weighted by atomic mass is 32.2. The van der Waals surface area contributed by atoms with Gasteiger partial charge in [-0.1, -0.05) is 17.8 Å². The second kappa shape index (κ2) is 5.49. The van der Waals surface area contributed by atoms with E-state index in [-0.39, 0.29) is 15.1 Å². The molecule has 2 aliphatic heterocycles. The molecule has 2 unspecified atom stereocenters. The van der Waals surface area contributed by atoms with Crippen molar-refractivity contribution in [1.29, 1.82) is 0 Å². The van der Waals surface area contributed by atoms with Gasteiger partial charge in [0.2, 0.25) is 0 Å². The van der Waals surface area contributed by atoms with Gasteiger partial charge >= 0.3 is 4.87 Å². The lowest BCUT2D eigenvalue weighted by Crippen LogP contribution is -2.59. The third-order valence-electron chi connectivity index (χ3n) is 4.45. The quantitative estimate of drug-likeness (QED) is 0.877. The average Bonchev–Trinajstić information content (AvgIpc) is 2.77. The van der Waals surface area contributed by atoms with Crippen LogP contribution in [0.15, 0.2) is 9.00 Å². The van der Waals surface area contributed by atoms with Gasteiger partial charge in [-0.15, -0.1) is 0 Å². The van der Waals surface area contributed by atoms with Crippen molar-refractivity contribution in [1.82, 2.24) is 14.2 Å². The number of piperazine rings is 1. The summed E-state index contributed by atoms with van der Waals surface area (Å²) in [7, 11) is -3.58. The molecule has 21 heavy (non-hydrogen) atoms. The Hall–Kier alpha value is -0.700. The van der Waals surface area contributed by atoms with Crippen LogP contribution in [0.25, 0.3) is 0 Å². The molecule has 6 nitrogen and oxygen atoms in total. The van der Waals surface area contributed by atoms with E-state index in [0.717, 1.165) is 30.8 Å². The van der Waals surface area contributed by atoms with Crippen molar-refractivity contribution in [3.8, 4) is 0 Å². The Bertz CT molecular complexity index is 679. The molecule has 118 valence electrons. The molecule has 2 atom stereocenters. The average molecular weight is 331 g/mol. The van der Waals surface area contributed by atoms with E-state index >= 15 is 0 Å². The first-order valence-corrected chi connectivity index (χ1v) is 9.61. The highest BCUT2D eigenvalue weighted by molar-refractivity contribution is 7.91. The lowest BCUT2D eigenvalue weighted by atomic mass is 9.99. The predicted molar refractivity (Wildman–Crippen MR) is 82.2 cm³/mol. The predicted octanol–water partition coefficient (Wildman–Crippen LogP) is 0.992. The molecule has 2 saturated heterocycles. The van der Waals surface area contributed by atoms with Gasteiger partial charge in [-0.3, -0.25) is 9.69 Å². The summed E-state index contributed by atoms with van der Waals surface area (Å²) in [6.45, 7) is 5.98. The van der Waals surface area contributed by atoms with Gasteiger partial charge < -0.3 is 4.98 Å². The molecule has 1 aromatic rings. The summed E-state index contributed by atoms with van der Waals surface area (Å²) in [6.07, 6.45) is 3.43. The lowest BCUT2D eigenvalue weighted by molar-refractivity contribution is 0.0565. The van der Waals surface area contributed by atoms with Gasteiger partial charge in [0.1, 0.15) is 0 Å². The number of piperidine rings is 1. The third kappa shape index (κ3) is 2.69. The van der Waals surface area contributed by atoms with Crippen molar-refractivity contribution in [2.45, 2.75) is 49.4 Å². The van der Waals surface area contributed by atoms with Crippen molar-refractivity contribution in [2.75, 3.05) is 19.6 Å². The molecule has 2 fully saturated rings. The number of rotatable bonds is 2. The van der Waals surface area contributed by atoms with Gasteiger partial charge in [0, 0.05) is 30.9 Å². The van der Waals surface area contributed by atoms with E-state index in [2.05, 4.69) is 9.88 Å². The maximum atomic E-state index is 12.9. The fraction of sp³-hybridized carbons (Fsp3) is 0.769. The van der Waals surface area contributed by atoms with E-state index in [1.165, 1.54) is 12.8 Å². The van der Waals surface area contributed by atoms with Crippen LogP contribution in [0.3, 0.4) is 0 Å². The van der Waals surface area contributed by atoms with Crippen LogP contribution in [-0.2, 0) is 10.0 Å². The van der Waals surface area contributed by atoms with E-state index in [0.29, 0.717) is 18.3 Å². The largest absolute Gasteiger partial charge is 0.315 e. The number of nitrogens with zero attached hydrogens (tertiary/aromatic N) is 2. The van der Waals surface area contributed by atoms with Crippen molar-refractivity contribution in [3.63, 3.8) is 0 Å². The second-order valence-electron chi connectivity index (χ2n) is 6.00. The Morgan fingerprint density at radius 3 is 2.71 bits per heavy atom. The second-order valence-corrected chi connectivity index (χ2v) is 9.06. The number of thiazole rings is 1. The van der Waals surface area contributed by atoms with Crippen molar-refractivity contribution < 1.29 is 8.42 Å². The molecule has 0 bridgehead atoms. The molecule has 0 spiro atoms. The van der Waals surface area contributed by atoms with Crippen LogP contribution in [0.5, 0.6) is 0 Å². The molecule has 8 heteroatoms. The normalized spacial score (nSPS) is 28.5. The molecule has 3 heterocycles. The summed E-state index contributed by atoms with van der Waals surface area (Å²) in [5.74, 6) is 0. The topological polar surface area (TPSA) is 73.5 Å². The van der Waals surface area contributed by atoms with E-state index in [1.54, 1.807) is 11.2 Å². The van der Waals surface area contributed by atoms with Crippen LogP contribution >= 0.6 is 11.3 Å². The number of aromatic amines is 1. The first-order chi connectivity index (χ1) is 9.89. The minimum Gasteiger partial charge on any atom is -0.315 e. The number of hydrogen-bond acceptors (Lipinski definition) is 5. The molecule has 1 N–H and O–H groups in total. The summed E-state index contributed by atoms with van der Waals surface area (Å²) < 4.78 is 27.5. The molecular weight excluding hydrogens is 310 g/mol. The van der Waals surface area contributed by atoms with E-state index in [4.69, 9.17) is 0 Å². The number of fused-ring (bicyclic) bond motifs is 1. The van der Waals surface area contributed by atoms with E-state index < -0.39 is 10.0 Å². The summed E-state index contributed by atoms with van der Waals surface area (Å²) in [5.41, 5.74) is 0.447. The lowest BCUT2D eigenvalue weighted by Gasteiger charge is -2.46. The fourth-order valence-corrected chi connectivity index (χ4v) is 6.48. The Labute approximate surface area is 128 Å². The van der Waals surface area contributed by atoms with Crippen LogP contribution in [0.4, 0.5) is 0 Å². The highest BCUT2D eigenvalue weighted by Gasteiger charge is 2.40. The summed E-state index contributed by atoms with van der Waals surface area (Å²) in [6, 6.07) is 0.265. The van der Waals surface area contributed by atoms with E-state index in [1.807, 2.05) is 6.92 Å². The Morgan fingerprint density at radius 1 is 1.29 bits per heavy atom. The van der Waals surface area contributed by atoms with Gasteiger partial charge in [0.05, 0.1) is 0 Å². The van der Waals surface area contributed by atoms with Crippen LogP contribution in [0.1, 0.15) is 31.9 Å². The minimum atomic E-state index is -3.58. The number of sulfonamides is 1. The SMILES string of the molecule is Cc1[nH]c(=O)sc1S(=O)(=O)N1CC2CCCCN2CC1C. The van der Waals surface area contributed by atoms with Gasteiger partial charge in [0.15, 0.2) is 4.21 Å². The molecule has 2 aliphatic rings.